The van der Waals surface area contributed by atoms with Gasteiger partial charge in [-0.3, -0.25) is 4.79 Å². The largest absolute Gasteiger partial charge is 0.494 e. The number of hydrogen-bond donors (Lipinski definition) is 1. The zero-order valence-corrected chi connectivity index (χ0v) is 15.4. The topological polar surface area (TPSA) is 73.6 Å². The van der Waals surface area contributed by atoms with Crippen LogP contribution in [0.5, 0.6) is 11.5 Å². The second kappa shape index (κ2) is 8.89. The van der Waals surface area contributed by atoms with Gasteiger partial charge < -0.3 is 19.3 Å². The van der Waals surface area contributed by atoms with Crippen LogP contribution in [0.15, 0.2) is 59.1 Å². The van der Waals surface area contributed by atoms with E-state index in [0.717, 1.165) is 11.3 Å². The molecule has 0 aliphatic heterocycles. The quantitative estimate of drug-likeness (QED) is 0.657. The van der Waals surface area contributed by atoms with Crippen molar-refractivity contribution < 1.29 is 18.8 Å². The first-order valence-corrected chi connectivity index (χ1v) is 8.79. The number of carbonyl (C=O) groups is 1. The fourth-order valence-corrected chi connectivity index (χ4v) is 2.44. The van der Waals surface area contributed by atoms with Crippen molar-refractivity contribution in [3.63, 3.8) is 0 Å². The summed E-state index contributed by atoms with van der Waals surface area (Å²) in [5.74, 6) is 1.81. The Hall–Kier alpha value is -3.28. The van der Waals surface area contributed by atoms with Gasteiger partial charge in [-0.05, 0) is 38.1 Å². The van der Waals surface area contributed by atoms with Crippen LogP contribution in [0.2, 0.25) is 0 Å². The molecule has 0 saturated heterocycles. The number of nitrogens with one attached hydrogen (secondary N) is 1. The Morgan fingerprint density at radius 1 is 1.04 bits per heavy atom. The smallest absolute Gasteiger partial charge is 0.258 e. The summed E-state index contributed by atoms with van der Waals surface area (Å²) >= 11 is 0. The highest BCUT2D eigenvalue weighted by Crippen LogP contribution is 2.21. The van der Waals surface area contributed by atoms with Crippen LogP contribution in [0.3, 0.4) is 0 Å². The molecule has 0 aliphatic rings. The number of aromatic nitrogens is 1. The van der Waals surface area contributed by atoms with Gasteiger partial charge in [0.25, 0.3) is 5.91 Å². The van der Waals surface area contributed by atoms with E-state index in [1.54, 1.807) is 24.3 Å². The number of benzene rings is 2. The van der Waals surface area contributed by atoms with Crippen LogP contribution in [0.25, 0.3) is 11.3 Å². The molecule has 3 rings (SSSR count). The lowest BCUT2D eigenvalue weighted by Crippen LogP contribution is -2.28. The minimum absolute atomic E-state index is 0.0728. The molecule has 0 radical (unpaired) electrons. The fourth-order valence-electron chi connectivity index (χ4n) is 2.44. The molecule has 140 valence electrons. The standard InChI is InChI=1S/C21H22N2O4/c1-3-25-18-8-10-19(11-9-18)26-14-21(24)22-13-17-12-20(27-23-17)16-6-4-15(2)5-7-16/h4-12H,3,13-14H2,1-2H3,(H,22,24). The minimum Gasteiger partial charge on any atom is -0.494 e. The Kier molecular flexibility index (Phi) is 6.10. The highest BCUT2D eigenvalue weighted by molar-refractivity contribution is 5.77. The molecule has 3 aromatic rings. The maximum absolute atomic E-state index is 12.0. The number of ether oxygens (including phenoxy) is 2. The Bertz CT molecular complexity index is 870. The predicted octanol–water partition coefficient (Wildman–Crippen LogP) is 3.74. The van der Waals surface area contributed by atoms with E-state index in [1.165, 1.54) is 5.56 Å². The Balaban J connectivity index is 1.46. The van der Waals surface area contributed by atoms with E-state index in [-0.39, 0.29) is 19.1 Å². The summed E-state index contributed by atoms with van der Waals surface area (Å²) in [6, 6.07) is 16.9. The summed E-state index contributed by atoms with van der Waals surface area (Å²) in [7, 11) is 0. The summed E-state index contributed by atoms with van der Waals surface area (Å²) in [6.45, 7) is 4.77. The third-order valence-corrected chi connectivity index (χ3v) is 3.87. The van der Waals surface area contributed by atoms with Gasteiger partial charge in [0, 0.05) is 11.6 Å². The minimum atomic E-state index is -0.233. The van der Waals surface area contributed by atoms with Crippen LogP contribution in [0.4, 0.5) is 0 Å². The first-order chi connectivity index (χ1) is 13.1. The molecule has 0 spiro atoms. The van der Waals surface area contributed by atoms with Gasteiger partial charge in [-0.25, -0.2) is 0 Å². The molecule has 1 N–H and O–H groups in total. The number of amides is 1. The molecule has 2 aromatic carbocycles. The monoisotopic (exact) mass is 366 g/mol. The number of carbonyl (C=O) groups excluding carboxylic acids is 1. The van der Waals surface area contributed by atoms with Crippen molar-refractivity contribution in [3.05, 3.63) is 65.9 Å². The average molecular weight is 366 g/mol. The molecule has 0 atom stereocenters. The molecule has 0 fully saturated rings. The van der Waals surface area contributed by atoms with Gasteiger partial charge >= 0.3 is 0 Å². The maximum atomic E-state index is 12.0. The van der Waals surface area contributed by atoms with Crippen molar-refractivity contribution in [2.75, 3.05) is 13.2 Å². The summed E-state index contributed by atoms with van der Waals surface area (Å²) < 4.78 is 16.2. The van der Waals surface area contributed by atoms with Crippen LogP contribution in [0.1, 0.15) is 18.2 Å². The molecular weight excluding hydrogens is 344 g/mol. The lowest BCUT2D eigenvalue weighted by atomic mass is 10.1. The van der Waals surface area contributed by atoms with Gasteiger partial charge in [0.05, 0.1) is 13.2 Å². The molecule has 6 heteroatoms. The molecule has 0 unspecified atom stereocenters. The fraction of sp³-hybridized carbons (Fsp3) is 0.238. The summed E-state index contributed by atoms with van der Waals surface area (Å²) in [4.78, 5) is 12.0. The van der Waals surface area contributed by atoms with Crippen LogP contribution < -0.4 is 14.8 Å². The van der Waals surface area contributed by atoms with E-state index in [0.29, 0.717) is 23.8 Å². The van der Waals surface area contributed by atoms with Crippen LogP contribution in [-0.4, -0.2) is 24.3 Å². The third kappa shape index (κ3) is 5.34. The van der Waals surface area contributed by atoms with Crippen molar-refractivity contribution in [2.45, 2.75) is 20.4 Å². The third-order valence-electron chi connectivity index (χ3n) is 3.87. The van der Waals surface area contributed by atoms with Gasteiger partial charge in [-0.1, -0.05) is 35.0 Å². The summed E-state index contributed by atoms with van der Waals surface area (Å²) in [5.41, 5.74) is 2.78. The summed E-state index contributed by atoms with van der Waals surface area (Å²) in [6.07, 6.45) is 0. The SMILES string of the molecule is CCOc1ccc(OCC(=O)NCc2cc(-c3ccc(C)cc3)on2)cc1. The van der Waals surface area contributed by atoms with E-state index >= 15 is 0 Å². The maximum Gasteiger partial charge on any atom is 0.258 e. The average Bonchev–Trinajstić information content (AvgIpc) is 3.16. The molecular formula is C21H22N2O4. The van der Waals surface area contributed by atoms with Gasteiger partial charge in [0.2, 0.25) is 0 Å². The second-order valence-corrected chi connectivity index (χ2v) is 6.02. The molecule has 1 amide bonds. The Labute approximate surface area is 158 Å². The van der Waals surface area contributed by atoms with Gasteiger partial charge in [-0.2, -0.15) is 0 Å². The van der Waals surface area contributed by atoms with Crippen LogP contribution in [0, 0.1) is 6.92 Å². The summed E-state index contributed by atoms with van der Waals surface area (Å²) in [5, 5.41) is 6.75. The number of hydrogen-bond acceptors (Lipinski definition) is 5. The molecule has 6 nitrogen and oxygen atoms in total. The number of rotatable bonds is 8. The lowest BCUT2D eigenvalue weighted by molar-refractivity contribution is -0.123. The number of aryl methyl sites for hydroxylation is 1. The van der Waals surface area contributed by atoms with E-state index in [1.807, 2.05) is 44.2 Å². The first-order valence-electron chi connectivity index (χ1n) is 8.79. The molecule has 27 heavy (non-hydrogen) atoms. The van der Waals surface area contributed by atoms with E-state index in [9.17, 15) is 4.79 Å². The second-order valence-electron chi connectivity index (χ2n) is 6.02. The number of nitrogens with zero attached hydrogens (tertiary/aromatic N) is 1. The molecule has 1 aromatic heterocycles. The van der Waals surface area contributed by atoms with Crippen molar-refractivity contribution in [3.8, 4) is 22.8 Å². The first kappa shape index (κ1) is 18.5. The predicted molar refractivity (Wildman–Crippen MR) is 102 cm³/mol. The van der Waals surface area contributed by atoms with E-state index in [2.05, 4.69) is 10.5 Å². The van der Waals surface area contributed by atoms with Gasteiger partial charge in [0.1, 0.15) is 17.2 Å². The van der Waals surface area contributed by atoms with Crippen molar-refractivity contribution in [1.82, 2.24) is 10.5 Å². The van der Waals surface area contributed by atoms with Crippen molar-refractivity contribution in [2.24, 2.45) is 0 Å². The highest BCUT2D eigenvalue weighted by Gasteiger charge is 2.09. The molecule has 0 aliphatic carbocycles. The lowest BCUT2D eigenvalue weighted by Gasteiger charge is -2.07. The zero-order chi connectivity index (χ0) is 19.1. The zero-order valence-electron chi connectivity index (χ0n) is 15.4. The normalized spacial score (nSPS) is 10.4. The highest BCUT2D eigenvalue weighted by atomic mass is 16.5. The molecule has 1 heterocycles. The van der Waals surface area contributed by atoms with E-state index < -0.39 is 0 Å². The van der Waals surface area contributed by atoms with Crippen LogP contribution in [-0.2, 0) is 11.3 Å². The Morgan fingerprint density at radius 3 is 2.37 bits per heavy atom. The molecule has 0 bridgehead atoms. The van der Waals surface area contributed by atoms with Gasteiger partial charge in [-0.15, -0.1) is 0 Å². The Morgan fingerprint density at radius 2 is 1.70 bits per heavy atom. The van der Waals surface area contributed by atoms with Crippen molar-refractivity contribution in [1.29, 1.82) is 0 Å². The molecule has 0 saturated carbocycles. The van der Waals surface area contributed by atoms with Crippen molar-refractivity contribution >= 4 is 5.91 Å². The van der Waals surface area contributed by atoms with Crippen LogP contribution >= 0.6 is 0 Å². The van der Waals surface area contributed by atoms with Gasteiger partial charge in [0.15, 0.2) is 12.4 Å². The van der Waals surface area contributed by atoms with E-state index in [4.69, 9.17) is 14.0 Å².